The van der Waals surface area contributed by atoms with Crippen molar-refractivity contribution in [2.45, 2.75) is 69.5 Å². The minimum absolute atomic E-state index is 0.0129. The molecule has 1 amide bonds. The van der Waals surface area contributed by atoms with Crippen LogP contribution in [-0.4, -0.2) is 51.7 Å². The van der Waals surface area contributed by atoms with Gasteiger partial charge in [0.2, 0.25) is 5.91 Å². The van der Waals surface area contributed by atoms with E-state index >= 15 is 0 Å². The van der Waals surface area contributed by atoms with E-state index < -0.39 is 11.9 Å². The minimum atomic E-state index is -0.936. The van der Waals surface area contributed by atoms with E-state index in [-0.39, 0.29) is 18.4 Å². The Morgan fingerprint density at radius 3 is 2.39 bits per heavy atom. The molecule has 6 nitrogen and oxygen atoms in total. The van der Waals surface area contributed by atoms with Crippen molar-refractivity contribution in [1.29, 1.82) is 0 Å². The number of piperidine rings is 1. The van der Waals surface area contributed by atoms with Gasteiger partial charge in [-0.3, -0.25) is 14.5 Å². The summed E-state index contributed by atoms with van der Waals surface area (Å²) >= 11 is 0. The fraction of sp³-hybridized carbons (Fsp3) is 0.481. The number of carboxylic acid groups (broad SMARTS) is 1. The van der Waals surface area contributed by atoms with Gasteiger partial charge >= 0.3 is 5.97 Å². The number of hydrogen-bond donors (Lipinski definition) is 3. The number of aliphatic carboxylic acids is 1. The average Bonchev–Trinajstić information content (AvgIpc) is 3.00. The molecule has 2 fully saturated rings. The van der Waals surface area contributed by atoms with Crippen LogP contribution in [0.4, 0.5) is 0 Å². The van der Waals surface area contributed by atoms with Gasteiger partial charge in [0.15, 0.2) is 0 Å². The third-order valence-electron chi connectivity index (χ3n) is 7.22. The van der Waals surface area contributed by atoms with E-state index in [1.54, 1.807) is 6.07 Å². The summed E-state index contributed by atoms with van der Waals surface area (Å²) in [5.74, 6) is -1.08. The lowest BCUT2D eigenvalue weighted by Gasteiger charge is -2.40. The highest BCUT2D eigenvalue weighted by Crippen LogP contribution is 2.43. The van der Waals surface area contributed by atoms with Crippen LogP contribution in [0.5, 0.6) is 5.75 Å². The molecule has 176 valence electrons. The third kappa shape index (κ3) is 5.93. The Morgan fingerprint density at radius 1 is 1.06 bits per heavy atom. The van der Waals surface area contributed by atoms with Crippen molar-refractivity contribution in [2.75, 3.05) is 6.54 Å². The Morgan fingerprint density at radius 2 is 1.76 bits per heavy atom. The maximum absolute atomic E-state index is 12.6. The fourth-order valence-electron chi connectivity index (χ4n) is 5.69. The first kappa shape index (κ1) is 23.3. The van der Waals surface area contributed by atoms with Crippen molar-refractivity contribution in [3.05, 3.63) is 65.7 Å². The first-order chi connectivity index (χ1) is 15.9. The van der Waals surface area contributed by atoms with Crippen molar-refractivity contribution in [3.63, 3.8) is 0 Å². The molecule has 0 saturated carbocycles. The van der Waals surface area contributed by atoms with Gasteiger partial charge < -0.3 is 15.5 Å². The zero-order valence-corrected chi connectivity index (χ0v) is 19.2. The molecule has 4 rings (SSSR count). The number of nitrogens with zero attached hydrogens (tertiary/aromatic N) is 1. The van der Waals surface area contributed by atoms with Crippen LogP contribution in [0.2, 0.25) is 0 Å². The molecule has 2 aromatic rings. The standard InChI is InChI=1S/C27H34N2O4/c1-18(28-26(31)16-22(27(32)33)12-19-6-3-2-4-7-19)17-29-23-10-11-24(29)14-21(13-23)20-8-5-9-25(30)15-20/h2-9,15,18,21-24,30H,10-14,16-17H2,1H3,(H,28,31)(H,32,33)/t18?,21?,22?,23-,24?/m1/s1. The highest BCUT2D eigenvalue weighted by molar-refractivity contribution is 5.82. The Hall–Kier alpha value is -2.86. The Balaban J connectivity index is 1.29. The van der Waals surface area contributed by atoms with E-state index in [1.807, 2.05) is 49.4 Å². The first-order valence-corrected chi connectivity index (χ1v) is 12.0. The number of nitrogens with one attached hydrogen (secondary N) is 1. The van der Waals surface area contributed by atoms with Gasteiger partial charge in [0.25, 0.3) is 0 Å². The molecular formula is C27H34N2O4. The molecule has 6 heteroatoms. The van der Waals surface area contributed by atoms with E-state index in [0.29, 0.717) is 30.2 Å². The number of rotatable bonds is 9. The van der Waals surface area contributed by atoms with Crippen molar-refractivity contribution in [1.82, 2.24) is 10.2 Å². The van der Waals surface area contributed by atoms with Crippen LogP contribution in [-0.2, 0) is 16.0 Å². The van der Waals surface area contributed by atoms with Crippen LogP contribution in [0.25, 0.3) is 0 Å². The first-order valence-electron chi connectivity index (χ1n) is 12.0. The molecule has 2 saturated heterocycles. The number of hydrogen-bond acceptors (Lipinski definition) is 4. The smallest absolute Gasteiger partial charge is 0.307 e. The lowest BCUT2D eigenvalue weighted by atomic mass is 9.85. The normalized spacial score (nSPS) is 24.2. The SMILES string of the molecule is CC(CN1C2CC[C@@H]1CC(c1cccc(O)c1)C2)NC(=O)CC(Cc1ccccc1)C(=O)O. The number of carbonyl (C=O) groups excluding carboxylic acids is 1. The topological polar surface area (TPSA) is 89.9 Å². The summed E-state index contributed by atoms with van der Waals surface area (Å²) in [6, 6.07) is 18.0. The molecule has 0 spiro atoms. The highest BCUT2D eigenvalue weighted by atomic mass is 16.4. The molecule has 0 radical (unpaired) electrons. The number of phenolic OH excluding ortho intramolecular Hbond substituents is 1. The molecule has 2 aliphatic rings. The minimum Gasteiger partial charge on any atom is -0.508 e. The average molecular weight is 451 g/mol. The number of amides is 1. The Kier molecular flexibility index (Phi) is 7.33. The van der Waals surface area contributed by atoms with Crippen molar-refractivity contribution < 1.29 is 19.8 Å². The number of carboxylic acids is 1. The lowest BCUT2D eigenvalue weighted by Crippen LogP contribution is -2.49. The molecule has 4 unspecified atom stereocenters. The van der Waals surface area contributed by atoms with Crippen molar-refractivity contribution in [3.8, 4) is 5.75 Å². The lowest BCUT2D eigenvalue weighted by molar-refractivity contribution is -0.144. The number of aromatic hydroxyl groups is 1. The van der Waals surface area contributed by atoms with Crippen LogP contribution in [0.1, 0.15) is 56.1 Å². The second-order valence-electron chi connectivity index (χ2n) is 9.74. The van der Waals surface area contributed by atoms with Crippen molar-refractivity contribution >= 4 is 11.9 Å². The van der Waals surface area contributed by atoms with Crippen LogP contribution in [0.3, 0.4) is 0 Å². The summed E-state index contributed by atoms with van der Waals surface area (Å²) in [5, 5.41) is 22.5. The second-order valence-corrected chi connectivity index (χ2v) is 9.74. The summed E-state index contributed by atoms with van der Waals surface area (Å²) in [5.41, 5.74) is 2.14. The van der Waals surface area contributed by atoms with Crippen LogP contribution >= 0.6 is 0 Å². The summed E-state index contributed by atoms with van der Waals surface area (Å²) in [7, 11) is 0. The number of fused-ring (bicyclic) bond motifs is 2. The molecule has 2 heterocycles. The molecule has 33 heavy (non-hydrogen) atoms. The molecule has 3 N–H and O–H groups in total. The summed E-state index contributed by atoms with van der Waals surface area (Å²) < 4.78 is 0. The molecule has 0 aliphatic carbocycles. The zero-order chi connectivity index (χ0) is 23.4. The highest BCUT2D eigenvalue weighted by Gasteiger charge is 2.41. The predicted molar refractivity (Wildman–Crippen MR) is 127 cm³/mol. The van der Waals surface area contributed by atoms with E-state index in [2.05, 4.69) is 16.3 Å². The van der Waals surface area contributed by atoms with Gasteiger partial charge in [0.1, 0.15) is 5.75 Å². The van der Waals surface area contributed by atoms with Crippen molar-refractivity contribution in [2.24, 2.45) is 5.92 Å². The number of carbonyl (C=O) groups is 2. The second kappa shape index (κ2) is 10.4. The monoisotopic (exact) mass is 450 g/mol. The summed E-state index contributed by atoms with van der Waals surface area (Å²) in [6.07, 6.45) is 4.81. The molecule has 2 aliphatic heterocycles. The van der Waals surface area contributed by atoms with E-state index in [4.69, 9.17) is 0 Å². The maximum atomic E-state index is 12.6. The molecule has 0 aromatic heterocycles. The molecule has 2 aromatic carbocycles. The predicted octanol–water partition coefficient (Wildman–Crippen LogP) is 3.94. The number of benzene rings is 2. The summed E-state index contributed by atoms with van der Waals surface area (Å²) in [4.78, 5) is 26.9. The Labute approximate surface area is 195 Å². The maximum Gasteiger partial charge on any atom is 0.307 e. The van der Waals surface area contributed by atoms with Crippen LogP contribution < -0.4 is 5.32 Å². The van der Waals surface area contributed by atoms with E-state index in [1.165, 1.54) is 18.4 Å². The van der Waals surface area contributed by atoms with Crippen LogP contribution in [0.15, 0.2) is 54.6 Å². The number of phenols is 1. The van der Waals surface area contributed by atoms with E-state index in [9.17, 15) is 19.8 Å². The van der Waals surface area contributed by atoms with Gasteiger partial charge in [-0.05, 0) is 68.2 Å². The largest absolute Gasteiger partial charge is 0.508 e. The fourth-order valence-corrected chi connectivity index (χ4v) is 5.69. The third-order valence-corrected chi connectivity index (χ3v) is 7.22. The van der Waals surface area contributed by atoms with Gasteiger partial charge in [0.05, 0.1) is 5.92 Å². The van der Waals surface area contributed by atoms with Gasteiger partial charge in [-0.2, -0.15) is 0 Å². The molecule has 5 atom stereocenters. The van der Waals surface area contributed by atoms with Gasteiger partial charge in [-0.25, -0.2) is 0 Å². The summed E-state index contributed by atoms with van der Waals surface area (Å²) in [6.45, 7) is 2.79. The zero-order valence-electron chi connectivity index (χ0n) is 19.2. The molecular weight excluding hydrogens is 416 g/mol. The van der Waals surface area contributed by atoms with Crippen LogP contribution in [0, 0.1) is 5.92 Å². The quantitative estimate of drug-likeness (QED) is 0.538. The van der Waals surface area contributed by atoms with Gasteiger partial charge in [-0.1, -0.05) is 42.5 Å². The van der Waals surface area contributed by atoms with Gasteiger partial charge in [-0.15, -0.1) is 0 Å². The molecule has 2 bridgehead atoms. The van der Waals surface area contributed by atoms with E-state index in [0.717, 1.165) is 24.9 Å². The Bertz CT molecular complexity index is 950. The van der Waals surface area contributed by atoms with Gasteiger partial charge in [0, 0.05) is 31.1 Å².